The van der Waals surface area contributed by atoms with Gasteiger partial charge in [-0.3, -0.25) is 9.67 Å². The van der Waals surface area contributed by atoms with Crippen LogP contribution in [0.4, 0.5) is 0 Å². The number of hydrogen-bond acceptors (Lipinski definition) is 4. The number of guanidine groups is 1. The monoisotopic (exact) mass is 474 g/mol. The van der Waals surface area contributed by atoms with E-state index >= 15 is 0 Å². The van der Waals surface area contributed by atoms with E-state index in [2.05, 4.69) is 45.8 Å². The molecule has 0 spiro atoms. The summed E-state index contributed by atoms with van der Waals surface area (Å²) in [7, 11) is 0. The lowest BCUT2D eigenvalue weighted by molar-refractivity contribution is 0.392. The van der Waals surface area contributed by atoms with Crippen LogP contribution in [0.15, 0.2) is 15.6 Å². The Morgan fingerprint density at radius 1 is 1.23 bits per heavy atom. The largest absolute Gasteiger partial charge is 0.361 e. The molecule has 0 amide bonds. The first-order chi connectivity index (χ1) is 12.0. The van der Waals surface area contributed by atoms with Crippen molar-refractivity contribution in [2.45, 2.75) is 54.0 Å². The summed E-state index contributed by atoms with van der Waals surface area (Å²) in [5, 5.41) is 15.1. The summed E-state index contributed by atoms with van der Waals surface area (Å²) >= 11 is 0. The molecule has 7 nitrogen and oxygen atoms in total. The average Bonchev–Trinajstić information content (AvgIpc) is 3.06. The Bertz CT molecular complexity index is 687. The van der Waals surface area contributed by atoms with Crippen molar-refractivity contribution in [1.29, 1.82) is 0 Å². The second-order valence-electron chi connectivity index (χ2n) is 6.24. The first-order valence-electron chi connectivity index (χ1n) is 8.96. The molecule has 2 aromatic rings. The highest BCUT2D eigenvalue weighted by atomic mass is 127. The smallest absolute Gasteiger partial charge is 0.191 e. The van der Waals surface area contributed by atoms with Gasteiger partial charge in [-0.1, -0.05) is 5.16 Å². The Morgan fingerprint density at radius 3 is 2.58 bits per heavy atom. The maximum absolute atomic E-state index is 5.20. The minimum atomic E-state index is 0. The molecule has 0 fully saturated rings. The molecule has 2 aromatic heterocycles. The van der Waals surface area contributed by atoms with Gasteiger partial charge in [-0.25, -0.2) is 0 Å². The van der Waals surface area contributed by atoms with Gasteiger partial charge in [-0.2, -0.15) is 5.10 Å². The summed E-state index contributed by atoms with van der Waals surface area (Å²) < 4.78 is 7.25. The fraction of sp³-hybridized carbons (Fsp3) is 0.611. The summed E-state index contributed by atoms with van der Waals surface area (Å²) in [5.74, 6) is 1.74. The molecule has 0 aliphatic rings. The number of nitrogens with zero attached hydrogens (tertiary/aromatic N) is 4. The molecule has 2 N–H and O–H groups in total. The van der Waals surface area contributed by atoms with Gasteiger partial charge in [0.15, 0.2) is 5.96 Å². The van der Waals surface area contributed by atoms with Gasteiger partial charge >= 0.3 is 0 Å². The molecule has 2 rings (SSSR count). The molecule has 0 aromatic carbocycles. The van der Waals surface area contributed by atoms with Crippen molar-refractivity contribution in [2.24, 2.45) is 4.99 Å². The van der Waals surface area contributed by atoms with Crippen LogP contribution < -0.4 is 10.6 Å². The van der Waals surface area contributed by atoms with Crippen LogP contribution in [0.2, 0.25) is 0 Å². The van der Waals surface area contributed by atoms with Crippen molar-refractivity contribution in [1.82, 2.24) is 25.6 Å². The van der Waals surface area contributed by atoms with E-state index in [1.807, 2.05) is 25.5 Å². The van der Waals surface area contributed by atoms with Crippen molar-refractivity contribution in [3.05, 3.63) is 34.5 Å². The lowest BCUT2D eigenvalue weighted by atomic mass is 10.1. The van der Waals surface area contributed by atoms with Crippen molar-refractivity contribution in [3.63, 3.8) is 0 Å². The molecule has 0 bridgehead atoms. The summed E-state index contributed by atoms with van der Waals surface area (Å²) in [6, 6.07) is 2.10. The quantitative estimate of drug-likeness (QED) is 0.266. The van der Waals surface area contributed by atoms with E-state index in [4.69, 9.17) is 4.52 Å². The molecule has 26 heavy (non-hydrogen) atoms. The van der Waals surface area contributed by atoms with E-state index in [0.29, 0.717) is 0 Å². The molecule has 0 aliphatic carbocycles. The molecule has 0 aliphatic heterocycles. The Morgan fingerprint density at radius 2 is 2.00 bits per heavy atom. The third-order valence-corrected chi connectivity index (χ3v) is 4.09. The van der Waals surface area contributed by atoms with Crippen LogP contribution in [-0.4, -0.2) is 40.5 Å². The predicted molar refractivity (Wildman–Crippen MR) is 115 cm³/mol. The molecule has 0 saturated carbocycles. The van der Waals surface area contributed by atoms with Crippen molar-refractivity contribution < 1.29 is 4.52 Å². The Balaban J connectivity index is 0.00000338. The lowest BCUT2D eigenvalue weighted by Crippen LogP contribution is -2.38. The molecule has 0 saturated heterocycles. The molecule has 0 atom stereocenters. The number of halogens is 1. The molecule has 0 unspecified atom stereocenters. The Kier molecular flexibility index (Phi) is 9.68. The molecule has 146 valence electrons. The normalized spacial score (nSPS) is 11.3. The van der Waals surface area contributed by atoms with Gasteiger partial charge in [0.05, 0.1) is 11.4 Å². The highest BCUT2D eigenvalue weighted by Crippen LogP contribution is 2.12. The zero-order chi connectivity index (χ0) is 18.2. The average molecular weight is 474 g/mol. The highest BCUT2D eigenvalue weighted by Gasteiger charge is 2.08. The first kappa shape index (κ1) is 22.5. The van der Waals surface area contributed by atoms with Gasteiger partial charge in [0.1, 0.15) is 5.76 Å². The van der Waals surface area contributed by atoms with Gasteiger partial charge in [0, 0.05) is 37.4 Å². The van der Waals surface area contributed by atoms with E-state index in [1.165, 1.54) is 11.3 Å². The summed E-state index contributed by atoms with van der Waals surface area (Å²) in [6.45, 7) is 13.4. The molecular weight excluding hydrogens is 443 g/mol. The summed E-state index contributed by atoms with van der Waals surface area (Å²) in [6.07, 6.45) is 1.83. The number of rotatable bonds is 8. The van der Waals surface area contributed by atoms with Crippen molar-refractivity contribution >= 4 is 29.9 Å². The van der Waals surface area contributed by atoms with Gasteiger partial charge < -0.3 is 15.2 Å². The Hall–Kier alpha value is -1.58. The topological polar surface area (TPSA) is 80.3 Å². The highest BCUT2D eigenvalue weighted by molar-refractivity contribution is 14.0. The SMILES string of the molecule is CCNC(=NCCCn1nc(C)cc1C)NCCc1c(C)noc1C.I. The molecule has 0 radical (unpaired) electrons. The van der Waals surface area contributed by atoms with Crippen LogP contribution in [0.5, 0.6) is 0 Å². The van der Waals surface area contributed by atoms with Gasteiger partial charge in [0.25, 0.3) is 0 Å². The van der Waals surface area contributed by atoms with Crippen LogP contribution in [0, 0.1) is 27.7 Å². The predicted octanol–water partition coefficient (Wildman–Crippen LogP) is 2.91. The number of hydrogen-bond donors (Lipinski definition) is 2. The van der Waals surface area contributed by atoms with Crippen LogP contribution >= 0.6 is 24.0 Å². The first-order valence-corrected chi connectivity index (χ1v) is 8.96. The third-order valence-electron chi connectivity index (χ3n) is 4.09. The number of nitrogens with one attached hydrogen (secondary N) is 2. The van der Waals surface area contributed by atoms with E-state index in [1.54, 1.807) is 0 Å². The number of aliphatic imine (C=N–C) groups is 1. The second kappa shape index (κ2) is 11.2. The number of aryl methyl sites for hydroxylation is 5. The molecule has 2 heterocycles. The van der Waals surface area contributed by atoms with E-state index in [0.717, 1.165) is 62.1 Å². The zero-order valence-electron chi connectivity index (χ0n) is 16.4. The van der Waals surface area contributed by atoms with Crippen LogP contribution in [0.3, 0.4) is 0 Å². The minimum absolute atomic E-state index is 0. The van der Waals surface area contributed by atoms with Gasteiger partial charge in [-0.05, 0) is 53.5 Å². The van der Waals surface area contributed by atoms with E-state index < -0.39 is 0 Å². The maximum Gasteiger partial charge on any atom is 0.191 e. The van der Waals surface area contributed by atoms with Crippen molar-refractivity contribution in [2.75, 3.05) is 19.6 Å². The van der Waals surface area contributed by atoms with Crippen LogP contribution in [0.1, 0.15) is 41.8 Å². The third kappa shape index (κ3) is 6.62. The van der Waals surface area contributed by atoms with Crippen molar-refractivity contribution in [3.8, 4) is 0 Å². The molecular formula is C18H31IN6O. The summed E-state index contributed by atoms with van der Waals surface area (Å²) in [4.78, 5) is 4.64. The Labute approximate surface area is 173 Å². The van der Waals surface area contributed by atoms with Gasteiger partial charge in [0.2, 0.25) is 0 Å². The lowest BCUT2D eigenvalue weighted by Gasteiger charge is -2.11. The van der Waals surface area contributed by atoms with Crippen LogP contribution in [0.25, 0.3) is 0 Å². The molecule has 8 heteroatoms. The second-order valence-corrected chi connectivity index (χ2v) is 6.24. The fourth-order valence-electron chi connectivity index (χ4n) is 2.82. The minimum Gasteiger partial charge on any atom is -0.361 e. The van der Waals surface area contributed by atoms with E-state index in [-0.39, 0.29) is 24.0 Å². The van der Waals surface area contributed by atoms with Gasteiger partial charge in [-0.15, -0.1) is 24.0 Å². The zero-order valence-corrected chi connectivity index (χ0v) is 18.8. The number of aromatic nitrogens is 3. The summed E-state index contributed by atoms with van der Waals surface area (Å²) in [5.41, 5.74) is 4.40. The maximum atomic E-state index is 5.20. The fourth-order valence-corrected chi connectivity index (χ4v) is 2.82. The van der Waals surface area contributed by atoms with E-state index in [9.17, 15) is 0 Å². The standard InChI is InChI=1S/C18H30N6O.HI/c1-6-19-18(21-10-8-17-15(4)23-25-16(17)5)20-9-7-11-24-14(3)12-13(2)22-24;/h12H,6-11H2,1-5H3,(H2,19,20,21);1H. The van der Waals surface area contributed by atoms with Crippen LogP contribution in [-0.2, 0) is 13.0 Å².